The number of fused-ring (bicyclic) bond motifs is 1. The molecule has 0 saturated heterocycles. The molecule has 0 aliphatic carbocycles. The van der Waals surface area contributed by atoms with Crippen LogP contribution in [0.4, 0.5) is 0 Å². The first-order valence-corrected chi connectivity index (χ1v) is 3.56. The number of pyridine rings is 1. The molecule has 0 spiro atoms. The SMILES string of the molecule is Cn1ccc2c(c1=O)C(=O)OC2. The van der Waals surface area contributed by atoms with Gasteiger partial charge in [0.05, 0.1) is 0 Å². The molecule has 0 fully saturated rings. The van der Waals surface area contributed by atoms with E-state index in [4.69, 9.17) is 4.74 Å². The molecule has 62 valence electrons. The lowest BCUT2D eigenvalue weighted by atomic mass is 10.2. The highest BCUT2D eigenvalue weighted by Gasteiger charge is 2.24. The highest BCUT2D eigenvalue weighted by molar-refractivity contribution is 5.92. The third-order valence-corrected chi connectivity index (χ3v) is 1.92. The van der Waals surface area contributed by atoms with Gasteiger partial charge in [0.2, 0.25) is 0 Å². The van der Waals surface area contributed by atoms with Gasteiger partial charge in [-0.15, -0.1) is 0 Å². The number of rotatable bonds is 0. The molecule has 0 N–H and O–H groups in total. The van der Waals surface area contributed by atoms with Crippen LogP contribution >= 0.6 is 0 Å². The fourth-order valence-electron chi connectivity index (χ4n) is 1.22. The molecule has 2 rings (SSSR count). The highest BCUT2D eigenvalue weighted by atomic mass is 16.5. The van der Waals surface area contributed by atoms with Gasteiger partial charge >= 0.3 is 5.97 Å². The summed E-state index contributed by atoms with van der Waals surface area (Å²) in [6.07, 6.45) is 1.63. The van der Waals surface area contributed by atoms with Crippen LogP contribution in [0, 0.1) is 0 Å². The van der Waals surface area contributed by atoms with Gasteiger partial charge < -0.3 is 9.30 Å². The number of aromatic nitrogens is 1. The topological polar surface area (TPSA) is 48.3 Å². The molecule has 0 bridgehead atoms. The maximum atomic E-state index is 11.3. The van der Waals surface area contributed by atoms with E-state index in [0.717, 1.165) is 0 Å². The van der Waals surface area contributed by atoms with Crippen molar-refractivity contribution < 1.29 is 9.53 Å². The van der Waals surface area contributed by atoms with E-state index in [0.29, 0.717) is 5.56 Å². The summed E-state index contributed by atoms with van der Waals surface area (Å²) in [5, 5.41) is 0. The number of carbonyl (C=O) groups excluding carboxylic acids is 1. The number of ether oxygens (including phenoxy) is 1. The van der Waals surface area contributed by atoms with Crippen LogP contribution in [0.15, 0.2) is 17.1 Å². The maximum absolute atomic E-state index is 11.3. The lowest BCUT2D eigenvalue weighted by Gasteiger charge is -1.96. The number of aryl methyl sites for hydroxylation is 1. The van der Waals surface area contributed by atoms with Crippen molar-refractivity contribution in [1.82, 2.24) is 4.57 Å². The number of esters is 1. The number of carbonyl (C=O) groups is 1. The summed E-state index contributed by atoms with van der Waals surface area (Å²) in [4.78, 5) is 22.3. The van der Waals surface area contributed by atoms with Gasteiger partial charge in [0, 0.05) is 18.8 Å². The Morgan fingerprint density at radius 3 is 3.00 bits per heavy atom. The summed E-state index contributed by atoms with van der Waals surface area (Å²) in [5.41, 5.74) is 0.582. The Labute approximate surface area is 68.4 Å². The monoisotopic (exact) mass is 165 g/mol. The maximum Gasteiger partial charge on any atom is 0.344 e. The van der Waals surface area contributed by atoms with E-state index in [9.17, 15) is 9.59 Å². The van der Waals surface area contributed by atoms with Crippen LogP contribution in [0.25, 0.3) is 0 Å². The number of hydrogen-bond acceptors (Lipinski definition) is 3. The summed E-state index contributed by atoms with van der Waals surface area (Å²) in [6.45, 7) is 0.226. The minimum absolute atomic E-state index is 0.181. The van der Waals surface area contributed by atoms with Crippen LogP contribution in [0.3, 0.4) is 0 Å². The van der Waals surface area contributed by atoms with Crippen molar-refractivity contribution in [2.45, 2.75) is 6.61 Å². The average molecular weight is 165 g/mol. The molecule has 4 nitrogen and oxygen atoms in total. The molecule has 2 heterocycles. The normalized spacial score (nSPS) is 14.2. The molecule has 0 aromatic carbocycles. The van der Waals surface area contributed by atoms with Gasteiger partial charge in [-0.1, -0.05) is 0 Å². The van der Waals surface area contributed by atoms with Crippen molar-refractivity contribution in [2.75, 3.05) is 0 Å². The van der Waals surface area contributed by atoms with E-state index in [-0.39, 0.29) is 17.7 Å². The molecule has 4 heteroatoms. The van der Waals surface area contributed by atoms with Crippen molar-refractivity contribution >= 4 is 5.97 Å². The summed E-state index contributed by atoms with van der Waals surface area (Å²) in [7, 11) is 1.61. The number of hydrogen-bond donors (Lipinski definition) is 0. The lowest BCUT2D eigenvalue weighted by Crippen LogP contribution is -2.22. The van der Waals surface area contributed by atoms with Crippen LogP contribution in [-0.4, -0.2) is 10.5 Å². The van der Waals surface area contributed by atoms with Gasteiger partial charge in [0.1, 0.15) is 12.2 Å². The van der Waals surface area contributed by atoms with E-state index in [1.807, 2.05) is 0 Å². The second-order valence-corrected chi connectivity index (χ2v) is 2.71. The predicted molar refractivity (Wildman–Crippen MR) is 40.8 cm³/mol. The smallest absolute Gasteiger partial charge is 0.344 e. The van der Waals surface area contributed by atoms with Crippen molar-refractivity contribution in [1.29, 1.82) is 0 Å². The Bertz CT molecular complexity index is 405. The molecule has 0 unspecified atom stereocenters. The van der Waals surface area contributed by atoms with E-state index >= 15 is 0 Å². The Morgan fingerprint density at radius 1 is 1.50 bits per heavy atom. The van der Waals surface area contributed by atoms with Crippen molar-refractivity contribution in [3.63, 3.8) is 0 Å². The molecule has 1 aromatic rings. The van der Waals surface area contributed by atoms with Gasteiger partial charge in [-0.25, -0.2) is 4.79 Å². The third kappa shape index (κ3) is 0.777. The minimum atomic E-state index is -0.508. The molecular weight excluding hydrogens is 158 g/mol. The molecular formula is C8H7NO3. The van der Waals surface area contributed by atoms with Gasteiger partial charge in [-0.2, -0.15) is 0 Å². The molecule has 0 amide bonds. The lowest BCUT2D eigenvalue weighted by molar-refractivity contribution is 0.0533. The third-order valence-electron chi connectivity index (χ3n) is 1.92. The largest absolute Gasteiger partial charge is 0.457 e. The fourth-order valence-corrected chi connectivity index (χ4v) is 1.22. The molecule has 12 heavy (non-hydrogen) atoms. The van der Waals surface area contributed by atoms with Crippen molar-refractivity contribution in [2.24, 2.45) is 7.05 Å². The minimum Gasteiger partial charge on any atom is -0.457 e. The molecule has 1 aliphatic heterocycles. The Kier molecular flexibility index (Phi) is 1.30. The molecule has 0 atom stereocenters. The van der Waals surface area contributed by atoms with E-state index in [2.05, 4.69) is 0 Å². The zero-order valence-corrected chi connectivity index (χ0v) is 6.53. The molecule has 0 saturated carbocycles. The summed E-state index contributed by atoms with van der Waals surface area (Å²) in [5.74, 6) is -0.508. The summed E-state index contributed by atoms with van der Waals surface area (Å²) < 4.78 is 6.07. The second-order valence-electron chi connectivity index (χ2n) is 2.71. The zero-order valence-electron chi connectivity index (χ0n) is 6.53. The van der Waals surface area contributed by atoms with E-state index < -0.39 is 5.97 Å². The fraction of sp³-hybridized carbons (Fsp3) is 0.250. The number of cyclic esters (lactones) is 1. The van der Waals surface area contributed by atoms with E-state index in [1.165, 1.54) is 4.57 Å². The Balaban J connectivity index is 2.80. The molecule has 0 radical (unpaired) electrons. The van der Waals surface area contributed by atoms with Crippen LogP contribution in [0.2, 0.25) is 0 Å². The summed E-state index contributed by atoms with van der Waals surface area (Å²) in [6, 6.07) is 1.72. The average Bonchev–Trinajstić information content (AvgIpc) is 2.41. The predicted octanol–water partition coefficient (Wildman–Crippen LogP) is 0.0557. The van der Waals surface area contributed by atoms with Crippen LogP contribution in [0.1, 0.15) is 15.9 Å². The Hall–Kier alpha value is -1.58. The van der Waals surface area contributed by atoms with Crippen molar-refractivity contribution in [3.8, 4) is 0 Å². The second kappa shape index (κ2) is 2.20. The quantitative estimate of drug-likeness (QED) is 0.510. The first kappa shape index (κ1) is 7.09. The van der Waals surface area contributed by atoms with Crippen LogP contribution < -0.4 is 5.56 Å². The van der Waals surface area contributed by atoms with Crippen molar-refractivity contribution in [3.05, 3.63) is 33.7 Å². The standard InChI is InChI=1S/C8H7NO3/c1-9-3-2-5-4-12-8(11)6(5)7(9)10/h2-3H,4H2,1H3. The van der Waals surface area contributed by atoms with Gasteiger partial charge in [-0.3, -0.25) is 4.79 Å². The van der Waals surface area contributed by atoms with E-state index in [1.54, 1.807) is 19.3 Å². The Morgan fingerprint density at radius 2 is 2.25 bits per heavy atom. The number of nitrogens with zero attached hydrogens (tertiary/aromatic N) is 1. The molecule has 1 aromatic heterocycles. The highest BCUT2D eigenvalue weighted by Crippen LogP contribution is 2.14. The first-order chi connectivity index (χ1) is 5.70. The van der Waals surface area contributed by atoms with Crippen LogP contribution in [-0.2, 0) is 18.4 Å². The van der Waals surface area contributed by atoms with Gasteiger partial charge in [0.15, 0.2) is 0 Å². The zero-order chi connectivity index (χ0) is 8.72. The first-order valence-electron chi connectivity index (χ1n) is 3.56. The van der Waals surface area contributed by atoms with Gasteiger partial charge in [0.25, 0.3) is 5.56 Å². The van der Waals surface area contributed by atoms with Gasteiger partial charge in [-0.05, 0) is 6.07 Å². The molecule has 1 aliphatic rings. The summed E-state index contributed by atoms with van der Waals surface area (Å²) >= 11 is 0. The van der Waals surface area contributed by atoms with Crippen LogP contribution in [0.5, 0.6) is 0 Å².